The summed E-state index contributed by atoms with van der Waals surface area (Å²) in [6, 6.07) is 4.17. The first-order valence-corrected chi connectivity index (χ1v) is 6.57. The molecule has 3 N–H and O–H groups in total. The maximum absolute atomic E-state index is 13.3. The van der Waals surface area contributed by atoms with Gasteiger partial charge in [-0.05, 0) is 30.0 Å². The summed E-state index contributed by atoms with van der Waals surface area (Å²) in [6.45, 7) is 6.40. The van der Waals surface area contributed by atoms with Gasteiger partial charge in [0.15, 0.2) is 0 Å². The van der Waals surface area contributed by atoms with Crippen LogP contribution in [0, 0.1) is 17.2 Å². The van der Waals surface area contributed by atoms with Crippen LogP contribution in [0.25, 0.3) is 0 Å². The Labute approximate surface area is 118 Å². The summed E-state index contributed by atoms with van der Waals surface area (Å²) in [7, 11) is 0. The number of nitrogens with one attached hydrogen (secondary N) is 1. The number of carbonyl (C=O) groups is 1. The third-order valence-corrected chi connectivity index (χ3v) is 3.01. The van der Waals surface area contributed by atoms with Crippen LogP contribution in [0.2, 0.25) is 5.02 Å². The van der Waals surface area contributed by atoms with E-state index in [0.29, 0.717) is 12.1 Å². The van der Waals surface area contributed by atoms with Crippen LogP contribution >= 0.6 is 11.6 Å². The molecule has 0 radical (unpaired) electrons. The zero-order valence-electron chi connectivity index (χ0n) is 11.5. The number of anilines is 1. The summed E-state index contributed by atoms with van der Waals surface area (Å²) in [4.78, 5) is 12.1. The molecule has 0 aromatic heterocycles. The minimum atomic E-state index is -0.556. The maximum Gasteiger partial charge on any atom is 0.228 e. The summed E-state index contributed by atoms with van der Waals surface area (Å²) in [6.07, 6.45) is 0.672. The van der Waals surface area contributed by atoms with Crippen molar-refractivity contribution in [1.29, 1.82) is 0 Å². The molecule has 1 rings (SSSR count). The van der Waals surface area contributed by atoms with Gasteiger partial charge in [-0.1, -0.05) is 32.4 Å². The largest absolute Gasteiger partial charge is 0.330 e. The van der Waals surface area contributed by atoms with Crippen molar-refractivity contribution < 1.29 is 9.18 Å². The van der Waals surface area contributed by atoms with Gasteiger partial charge in [-0.25, -0.2) is 4.39 Å². The van der Waals surface area contributed by atoms with Crippen LogP contribution in [0.15, 0.2) is 18.2 Å². The number of amides is 1. The summed E-state index contributed by atoms with van der Waals surface area (Å²) in [5, 5.41) is 2.70. The van der Waals surface area contributed by atoms with Gasteiger partial charge in [0.1, 0.15) is 5.82 Å². The minimum absolute atomic E-state index is 0.00657. The lowest BCUT2D eigenvalue weighted by molar-refractivity contribution is -0.120. The van der Waals surface area contributed by atoms with Gasteiger partial charge in [0, 0.05) is 12.2 Å². The lowest BCUT2D eigenvalue weighted by atomic mass is 9.84. The van der Waals surface area contributed by atoms with Gasteiger partial charge >= 0.3 is 0 Å². The molecule has 0 aliphatic carbocycles. The highest BCUT2D eigenvalue weighted by Gasteiger charge is 2.23. The van der Waals surface area contributed by atoms with E-state index in [-0.39, 0.29) is 28.8 Å². The van der Waals surface area contributed by atoms with Crippen molar-refractivity contribution in [2.45, 2.75) is 27.2 Å². The highest BCUT2D eigenvalue weighted by molar-refractivity contribution is 6.30. The number of carbonyl (C=O) groups excluding carboxylic acids is 1. The van der Waals surface area contributed by atoms with E-state index in [9.17, 15) is 9.18 Å². The molecule has 0 saturated heterocycles. The quantitative estimate of drug-likeness (QED) is 0.891. The van der Waals surface area contributed by atoms with E-state index < -0.39 is 5.82 Å². The number of halogens is 2. The summed E-state index contributed by atoms with van der Waals surface area (Å²) < 4.78 is 13.3. The van der Waals surface area contributed by atoms with Crippen molar-refractivity contribution in [2.75, 3.05) is 11.9 Å². The molecule has 1 aromatic carbocycles. The van der Waals surface area contributed by atoms with E-state index >= 15 is 0 Å². The fourth-order valence-corrected chi connectivity index (χ4v) is 1.96. The van der Waals surface area contributed by atoms with Crippen molar-refractivity contribution in [3.8, 4) is 0 Å². The Kier molecular flexibility index (Phi) is 5.32. The topological polar surface area (TPSA) is 55.1 Å². The van der Waals surface area contributed by atoms with E-state index in [1.54, 1.807) is 6.07 Å². The van der Waals surface area contributed by atoms with Crippen LogP contribution in [0.1, 0.15) is 27.2 Å². The van der Waals surface area contributed by atoms with E-state index in [1.807, 2.05) is 20.8 Å². The molecule has 0 heterocycles. The normalized spacial score (nSPS) is 13.2. The number of hydrogen-bond donors (Lipinski definition) is 2. The van der Waals surface area contributed by atoms with Crippen LogP contribution in [0.4, 0.5) is 10.1 Å². The van der Waals surface area contributed by atoms with Crippen molar-refractivity contribution in [3.05, 3.63) is 29.0 Å². The molecule has 19 heavy (non-hydrogen) atoms. The van der Waals surface area contributed by atoms with Gasteiger partial charge in [-0.15, -0.1) is 0 Å². The number of benzene rings is 1. The molecular weight excluding hydrogens is 267 g/mol. The molecular formula is C14H20ClFN2O. The molecule has 1 aromatic rings. The van der Waals surface area contributed by atoms with E-state index in [4.69, 9.17) is 17.3 Å². The maximum atomic E-state index is 13.3. The monoisotopic (exact) mass is 286 g/mol. The third kappa shape index (κ3) is 5.17. The molecule has 1 atom stereocenters. The number of nitrogens with two attached hydrogens (primary N) is 1. The molecule has 0 saturated carbocycles. The van der Waals surface area contributed by atoms with Gasteiger partial charge in [-0.3, -0.25) is 4.79 Å². The molecule has 0 spiro atoms. The molecule has 0 aliphatic rings. The van der Waals surface area contributed by atoms with Crippen LogP contribution in [-0.4, -0.2) is 12.5 Å². The average Bonchev–Trinajstić information content (AvgIpc) is 2.29. The second kappa shape index (κ2) is 6.35. The Bertz CT molecular complexity index is 457. The summed E-state index contributed by atoms with van der Waals surface area (Å²) in [5.41, 5.74) is 6.03. The van der Waals surface area contributed by atoms with E-state index in [0.717, 1.165) is 0 Å². The molecule has 1 unspecified atom stereocenters. The third-order valence-electron chi connectivity index (χ3n) is 2.70. The molecule has 1 amide bonds. The zero-order valence-corrected chi connectivity index (χ0v) is 12.2. The smallest absolute Gasteiger partial charge is 0.228 e. The standard InChI is InChI=1S/C14H20ClFN2O/c1-14(2,3)7-9(8-17)13(19)18-10-4-5-11(15)12(16)6-10/h4-6,9H,7-8,17H2,1-3H3,(H,18,19). The van der Waals surface area contributed by atoms with Crippen LogP contribution in [-0.2, 0) is 4.79 Å². The van der Waals surface area contributed by atoms with Crippen molar-refractivity contribution in [3.63, 3.8) is 0 Å². The highest BCUT2D eigenvalue weighted by atomic mass is 35.5. The Balaban J connectivity index is 2.74. The first-order valence-electron chi connectivity index (χ1n) is 6.19. The molecule has 0 bridgehead atoms. The SMILES string of the molecule is CC(C)(C)CC(CN)C(=O)Nc1ccc(Cl)c(F)c1. The molecule has 106 valence electrons. The summed E-state index contributed by atoms with van der Waals surface area (Å²) in [5.74, 6) is -1.04. The Morgan fingerprint density at radius 2 is 2.11 bits per heavy atom. The highest BCUT2D eigenvalue weighted by Crippen LogP contribution is 2.25. The second-order valence-electron chi connectivity index (χ2n) is 5.82. The molecule has 0 aliphatic heterocycles. The number of hydrogen-bond acceptors (Lipinski definition) is 2. The Morgan fingerprint density at radius 1 is 1.47 bits per heavy atom. The lowest BCUT2D eigenvalue weighted by Crippen LogP contribution is -2.32. The van der Waals surface area contributed by atoms with Gasteiger partial charge < -0.3 is 11.1 Å². The van der Waals surface area contributed by atoms with Crippen LogP contribution in [0.3, 0.4) is 0 Å². The second-order valence-corrected chi connectivity index (χ2v) is 6.22. The lowest BCUT2D eigenvalue weighted by Gasteiger charge is -2.24. The van der Waals surface area contributed by atoms with Crippen LogP contribution in [0.5, 0.6) is 0 Å². The molecule has 3 nitrogen and oxygen atoms in total. The Morgan fingerprint density at radius 3 is 2.58 bits per heavy atom. The van der Waals surface area contributed by atoms with Crippen molar-refractivity contribution in [2.24, 2.45) is 17.1 Å². The van der Waals surface area contributed by atoms with Crippen molar-refractivity contribution in [1.82, 2.24) is 0 Å². The number of rotatable bonds is 4. The molecule has 5 heteroatoms. The fraction of sp³-hybridized carbons (Fsp3) is 0.500. The Hall–Kier alpha value is -1.13. The van der Waals surface area contributed by atoms with Crippen molar-refractivity contribution >= 4 is 23.2 Å². The average molecular weight is 287 g/mol. The van der Waals surface area contributed by atoms with E-state index in [1.165, 1.54) is 12.1 Å². The van der Waals surface area contributed by atoms with Gasteiger partial charge in [-0.2, -0.15) is 0 Å². The minimum Gasteiger partial charge on any atom is -0.330 e. The zero-order chi connectivity index (χ0) is 14.6. The van der Waals surface area contributed by atoms with Crippen LogP contribution < -0.4 is 11.1 Å². The van der Waals surface area contributed by atoms with Gasteiger partial charge in [0.2, 0.25) is 5.91 Å². The first-order chi connectivity index (χ1) is 8.73. The first kappa shape index (κ1) is 15.9. The summed E-state index contributed by atoms with van der Waals surface area (Å²) >= 11 is 5.59. The van der Waals surface area contributed by atoms with Gasteiger partial charge in [0.05, 0.1) is 10.9 Å². The molecule has 0 fully saturated rings. The fourth-order valence-electron chi connectivity index (χ4n) is 1.84. The predicted molar refractivity (Wildman–Crippen MR) is 76.7 cm³/mol. The van der Waals surface area contributed by atoms with E-state index in [2.05, 4.69) is 5.32 Å². The van der Waals surface area contributed by atoms with Gasteiger partial charge in [0.25, 0.3) is 0 Å². The predicted octanol–water partition coefficient (Wildman–Crippen LogP) is 3.43.